The summed E-state index contributed by atoms with van der Waals surface area (Å²) in [6, 6.07) is 0. The lowest BCUT2D eigenvalue weighted by Crippen LogP contribution is -2.63. The van der Waals surface area contributed by atoms with Gasteiger partial charge >= 0.3 is 5.97 Å². The van der Waals surface area contributed by atoms with Gasteiger partial charge in [0.05, 0.1) is 23.7 Å². The topological polar surface area (TPSA) is 85.4 Å². The number of aliphatic hydroxyl groups is 1. The van der Waals surface area contributed by atoms with Crippen LogP contribution in [0.25, 0.3) is 0 Å². The molecule has 2 aliphatic heterocycles. The number of epoxide rings is 1. The number of aliphatic hydroxyl groups excluding tert-OH is 1. The van der Waals surface area contributed by atoms with Crippen LogP contribution < -0.4 is 0 Å². The maximum Gasteiger partial charge on any atom is 0.336 e. The van der Waals surface area contributed by atoms with E-state index >= 15 is 0 Å². The van der Waals surface area contributed by atoms with Crippen LogP contribution in [0.3, 0.4) is 0 Å². The summed E-state index contributed by atoms with van der Waals surface area (Å²) in [5.74, 6) is 1.88. The van der Waals surface area contributed by atoms with E-state index in [9.17, 15) is 14.7 Å². The van der Waals surface area contributed by atoms with Gasteiger partial charge in [-0.25, -0.2) is 4.79 Å². The lowest BCUT2D eigenvalue weighted by Gasteiger charge is -2.58. The van der Waals surface area contributed by atoms with Crippen LogP contribution in [0.2, 0.25) is 18.6 Å². The van der Waals surface area contributed by atoms with E-state index in [0.29, 0.717) is 29.9 Å². The van der Waals surface area contributed by atoms with Gasteiger partial charge in [0, 0.05) is 6.42 Å². The van der Waals surface area contributed by atoms with Crippen LogP contribution in [0.1, 0.15) is 80.1 Å². The Balaban J connectivity index is 1.18. The van der Waals surface area contributed by atoms with Gasteiger partial charge in [-0.2, -0.15) is 0 Å². The third-order valence-corrected chi connectivity index (χ3v) is 17.1. The van der Waals surface area contributed by atoms with Crippen molar-refractivity contribution in [2.75, 3.05) is 6.61 Å². The standard InChI is InChI=1S/C33H50O6Si/c1-18(2)40(7,8)37-17-22-19(3)15-26(38-30(22)36)20(4)23-9-10-24-21-16-29-33(39-29)28(35)12-11-27(34)32(33,6)25(21)13-14-31(23,24)5/h11-12,18,20-21,23-26,28-29,35H,9-10,13-17H2,1-8H3/t20-,21-,23+,24-,25-,26+,28-,29+,31+,32-,33+/m0/s1. The van der Waals surface area contributed by atoms with Gasteiger partial charge in [0.2, 0.25) is 0 Å². The normalized spacial score (nSPS) is 46.9. The summed E-state index contributed by atoms with van der Waals surface area (Å²) >= 11 is 0. The van der Waals surface area contributed by atoms with Crippen LogP contribution in [-0.2, 0) is 23.5 Å². The van der Waals surface area contributed by atoms with E-state index in [1.165, 1.54) is 0 Å². The van der Waals surface area contributed by atoms with E-state index in [1.807, 2.05) is 0 Å². The molecule has 2 heterocycles. The molecule has 7 heteroatoms. The third kappa shape index (κ3) is 3.82. The van der Waals surface area contributed by atoms with E-state index in [1.54, 1.807) is 12.2 Å². The summed E-state index contributed by atoms with van der Waals surface area (Å²) in [6.45, 7) is 18.1. The highest BCUT2D eigenvalue weighted by Gasteiger charge is 2.80. The molecule has 11 atom stereocenters. The van der Waals surface area contributed by atoms with E-state index in [0.717, 1.165) is 49.7 Å². The molecule has 0 radical (unpaired) electrons. The Morgan fingerprint density at radius 1 is 1.12 bits per heavy atom. The number of carbonyl (C=O) groups excluding carboxylic acids is 2. The monoisotopic (exact) mass is 570 g/mol. The van der Waals surface area contributed by atoms with Crippen molar-refractivity contribution in [2.45, 2.75) is 123 Å². The van der Waals surface area contributed by atoms with Crippen molar-refractivity contribution in [3.63, 3.8) is 0 Å². The molecule has 0 aromatic heterocycles. The van der Waals surface area contributed by atoms with Crippen molar-refractivity contribution >= 4 is 20.1 Å². The number of carbonyl (C=O) groups is 2. The van der Waals surface area contributed by atoms with Gasteiger partial charge < -0.3 is 19.0 Å². The zero-order chi connectivity index (χ0) is 29.0. The molecule has 6 nitrogen and oxygen atoms in total. The molecule has 40 heavy (non-hydrogen) atoms. The minimum atomic E-state index is -1.84. The van der Waals surface area contributed by atoms with Crippen LogP contribution in [0, 0.1) is 40.4 Å². The van der Waals surface area contributed by atoms with Crippen molar-refractivity contribution in [1.82, 2.24) is 0 Å². The van der Waals surface area contributed by atoms with Gasteiger partial charge in [0.25, 0.3) is 0 Å². The molecule has 1 saturated heterocycles. The predicted molar refractivity (Wildman–Crippen MR) is 156 cm³/mol. The second-order valence-corrected chi connectivity index (χ2v) is 20.1. The molecule has 6 rings (SSSR count). The largest absolute Gasteiger partial charge is 0.458 e. The lowest BCUT2D eigenvalue weighted by atomic mass is 9.44. The molecule has 6 aliphatic rings. The van der Waals surface area contributed by atoms with E-state index in [2.05, 4.69) is 54.6 Å². The van der Waals surface area contributed by atoms with E-state index < -0.39 is 25.4 Å². The summed E-state index contributed by atoms with van der Waals surface area (Å²) in [5.41, 5.74) is 1.12. The van der Waals surface area contributed by atoms with Crippen molar-refractivity contribution in [1.29, 1.82) is 0 Å². The van der Waals surface area contributed by atoms with Gasteiger partial charge in [-0.15, -0.1) is 0 Å². The van der Waals surface area contributed by atoms with Crippen molar-refractivity contribution < 1.29 is 28.6 Å². The molecule has 0 aromatic rings. The SMILES string of the molecule is CC1=C(CO[Si](C)(C)C(C)C)C(=O)O[C@@H]([C@@H](C)[C@H]2CC[C@H]3[C@@H]4C[C@H]5O[C@]56[C@@H](O)C=CC(=O)[C@]6(C)[C@H]4CC[C@]23C)C1. The van der Waals surface area contributed by atoms with Crippen molar-refractivity contribution in [3.8, 4) is 0 Å². The molecule has 3 saturated carbocycles. The maximum atomic E-state index is 13.4. The fourth-order valence-corrected chi connectivity index (χ4v) is 11.0. The number of allylic oxidation sites excluding steroid dienone is 1. The van der Waals surface area contributed by atoms with Crippen molar-refractivity contribution in [2.24, 2.45) is 40.4 Å². The number of rotatable bonds is 6. The predicted octanol–water partition coefficient (Wildman–Crippen LogP) is 5.99. The number of hydrogen-bond acceptors (Lipinski definition) is 6. The highest BCUT2D eigenvalue weighted by Crippen LogP contribution is 2.73. The van der Waals surface area contributed by atoms with Crippen LogP contribution >= 0.6 is 0 Å². The molecule has 4 fully saturated rings. The summed E-state index contributed by atoms with van der Waals surface area (Å²) in [4.78, 5) is 26.6. The first-order valence-electron chi connectivity index (χ1n) is 15.8. The molecule has 1 spiro atoms. The Hall–Kier alpha value is -1.28. The van der Waals surface area contributed by atoms with Gasteiger partial charge in [-0.1, -0.05) is 33.3 Å². The Morgan fingerprint density at radius 3 is 2.52 bits per heavy atom. The lowest BCUT2D eigenvalue weighted by molar-refractivity contribution is -0.155. The zero-order valence-electron chi connectivity index (χ0n) is 25.8. The number of cyclic esters (lactones) is 1. The number of ketones is 1. The van der Waals surface area contributed by atoms with Gasteiger partial charge in [-0.05, 0) is 112 Å². The molecular weight excluding hydrogens is 520 g/mol. The number of hydrogen-bond donors (Lipinski definition) is 1. The maximum absolute atomic E-state index is 13.4. The number of fused-ring (bicyclic) bond motifs is 4. The number of ether oxygens (including phenoxy) is 2. The Labute approximate surface area is 241 Å². The Morgan fingerprint density at radius 2 is 1.85 bits per heavy atom. The zero-order valence-corrected chi connectivity index (χ0v) is 26.8. The first kappa shape index (κ1) is 28.8. The Bertz CT molecular complexity index is 1160. The van der Waals surface area contributed by atoms with Gasteiger partial charge in [0.15, 0.2) is 14.1 Å². The molecule has 0 bridgehead atoms. The molecule has 1 N–H and O–H groups in total. The van der Waals surface area contributed by atoms with E-state index in [4.69, 9.17) is 13.9 Å². The third-order valence-electron chi connectivity index (χ3n) is 13.4. The highest BCUT2D eigenvalue weighted by molar-refractivity contribution is 6.72. The van der Waals surface area contributed by atoms with Crippen LogP contribution in [0.4, 0.5) is 0 Å². The van der Waals surface area contributed by atoms with Crippen LogP contribution in [0.5, 0.6) is 0 Å². The fourth-order valence-electron chi connectivity index (χ4n) is 10.1. The minimum Gasteiger partial charge on any atom is -0.458 e. The first-order chi connectivity index (χ1) is 18.7. The molecule has 222 valence electrons. The summed E-state index contributed by atoms with van der Waals surface area (Å²) in [5, 5.41) is 10.9. The molecule has 4 aliphatic carbocycles. The molecule has 0 amide bonds. The molecule has 0 unspecified atom stereocenters. The summed E-state index contributed by atoms with van der Waals surface area (Å²) in [6.07, 6.45) is 8.51. The highest BCUT2D eigenvalue weighted by atomic mass is 28.4. The first-order valence-corrected chi connectivity index (χ1v) is 18.8. The molecule has 0 aromatic carbocycles. The Kier molecular flexibility index (Phi) is 6.74. The van der Waals surface area contributed by atoms with Crippen molar-refractivity contribution in [3.05, 3.63) is 23.3 Å². The summed E-state index contributed by atoms with van der Waals surface area (Å²) < 4.78 is 18.8. The fraction of sp³-hybridized carbons (Fsp3) is 0.818. The summed E-state index contributed by atoms with van der Waals surface area (Å²) in [7, 11) is -1.84. The number of esters is 1. The quantitative estimate of drug-likeness (QED) is 0.240. The average molecular weight is 571 g/mol. The van der Waals surface area contributed by atoms with Gasteiger partial charge in [-0.3, -0.25) is 4.79 Å². The van der Waals surface area contributed by atoms with E-state index in [-0.39, 0.29) is 41.2 Å². The second kappa shape index (κ2) is 9.36. The van der Waals surface area contributed by atoms with Crippen LogP contribution in [0.15, 0.2) is 23.3 Å². The minimum absolute atomic E-state index is 0.0297. The van der Waals surface area contributed by atoms with Crippen LogP contribution in [-0.4, -0.2) is 55.7 Å². The molecular formula is C33H50O6Si. The average Bonchev–Trinajstić information content (AvgIpc) is 3.52. The van der Waals surface area contributed by atoms with Gasteiger partial charge in [0.1, 0.15) is 17.8 Å². The smallest absolute Gasteiger partial charge is 0.336 e. The second-order valence-electron chi connectivity index (χ2n) is 15.4.